The first-order chi connectivity index (χ1) is 6.02. The summed E-state index contributed by atoms with van der Waals surface area (Å²) < 4.78 is 0. The first-order valence-corrected chi connectivity index (χ1v) is 4.32. The van der Waals surface area contributed by atoms with Crippen molar-refractivity contribution in [3.8, 4) is 5.75 Å². The van der Waals surface area contributed by atoms with E-state index < -0.39 is 0 Å². The van der Waals surface area contributed by atoms with Crippen LogP contribution in [-0.2, 0) is 4.79 Å². The van der Waals surface area contributed by atoms with E-state index in [4.69, 9.17) is 0 Å². The van der Waals surface area contributed by atoms with E-state index in [0.717, 1.165) is 5.56 Å². The van der Waals surface area contributed by atoms with Crippen molar-refractivity contribution in [1.29, 1.82) is 0 Å². The van der Waals surface area contributed by atoms with Gasteiger partial charge in [0, 0.05) is 11.5 Å². The second-order valence-electron chi connectivity index (χ2n) is 3.39. The molecule has 0 radical (unpaired) electrons. The lowest BCUT2D eigenvalue weighted by atomic mass is 9.96. The molecule has 0 fully saturated rings. The number of ketones is 1. The Kier molecular flexibility index (Phi) is 2.71. The Morgan fingerprint density at radius 1 is 1.46 bits per heavy atom. The smallest absolute Gasteiger partial charge is 0.137 e. The Hall–Kier alpha value is -1.31. The molecule has 0 amide bonds. The zero-order chi connectivity index (χ0) is 10.0. The number of aromatic hydroxyl groups is 1. The summed E-state index contributed by atoms with van der Waals surface area (Å²) in [5.41, 5.74) is 1.70. The molecule has 0 aromatic heterocycles. The van der Waals surface area contributed by atoms with Crippen LogP contribution < -0.4 is 0 Å². The molecule has 0 saturated carbocycles. The average molecular weight is 178 g/mol. The molecule has 13 heavy (non-hydrogen) atoms. The van der Waals surface area contributed by atoms with Gasteiger partial charge < -0.3 is 5.11 Å². The first-order valence-electron chi connectivity index (χ1n) is 4.32. The highest BCUT2D eigenvalue weighted by Gasteiger charge is 2.13. The van der Waals surface area contributed by atoms with Gasteiger partial charge >= 0.3 is 0 Å². The number of phenols is 1. The van der Waals surface area contributed by atoms with E-state index in [1.807, 2.05) is 13.0 Å². The molecule has 0 bridgehead atoms. The maximum Gasteiger partial charge on any atom is 0.137 e. The molecule has 2 heteroatoms. The summed E-state index contributed by atoms with van der Waals surface area (Å²) >= 11 is 0. The standard InChI is InChI=1S/C11H14O2/c1-7-4-5-10(11(13)6-7)8(2)9(3)12/h4-6,8,13H,1-3H3. The molecular formula is C11H14O2. The summed E-state index contributed by atoms with van der Waals surface area (Å²) in [6.45, 7) is 5.23. The maximum absolute atomic E-state index is 11.1. The Morgan fingerprint density at radius 2 is 2.08 bits per heavy atom. The number of benzene rings is 1. The Labute approximate surface area is 78.2 Å². The molecule has 0 aliphatic carbocycles. The van der Waals surface area contributed by atoms with Gasteiger partial charge in [-0.2, -0.15) is 0 Å². The van der Waals surface area contributed by atoms with Crippen molar-refractivity contribution in [3.63, 3.8) is 0 Å². The number of aryl methyl sites for hydroxylation is 1. The van der Waals surface area contributed by atoms with Gasteiger partial charge in [0.15, 0.2) is 0 Å². The molecule has 0 aliphatic rings. The zero-order valence-electron chi connectivity index (χ0n) is 8.16. The molecule has 0 aliphatic heterocycles. The highest BCUT2D eigenvalue weighted by atomic mass is 16.3. The molecule has 0 heterocycles. The number of carbonyl (C=O) groups is 1. The molecule has 1 aromatic carbocycles. The molecule has 2 nitrogen and oxygen atoms in total. The number of carbonyl (C=O) groups excluding carboxylic acids is 1. The summed E-state index contributed by atoms with van der Waals surface area (Å²) in [7, 11) is 0. The van der Waals surface area contributed by atoms with Crippen LogP contribution >= 0.6 is 0 Å². The first kappa shape index (κ1) is 9.78. The van der Waals surface area contributed by atoms with Crippen LogP contribution in [-0.4, -0.2) is 10.9 Å². The fraction of sp³-hybridized carbons (Fsp3) is 0.364. The van der Waals surface area contributed by atoms with Gasteiger partial charge in [0.2, 0.25) is 0 Å². The second-order valence-corrected chi connectivity index (χ2v) is 3.39. The minimum atomic E-state index is -0.222. The summed E-state index contributed by atoms with van der Waals surface area (Å²) in [5, 5.41) is 9.56. The molecule has 1 unspecified atom stereocenters. The summed E-state index contributed by atoms with van der Waals surface area (Å²) in [6.07, 6.45) is 0. The fourth-order valence-corrected chi connectivity index (χ4v) is 1.24. The third-order valence-corrected chi connectivity index (χ3v) is 2.26. The monoisotopic (exact) mass is 178 g/mol. The SMILES string of the molecule is CC(=O)C(C)c1ccc(C)cc1O. The van der Waals surface area contributed by atoms with Crippen molar-refractivity contribution in [2.24, 2.45) is 0 Å². The molecule has 1 aromatic rings. The Bertz CT molecular complexity index is 329. The van der Waals surface area contributed by atoms with Gasteiger partial charge in [0.25, 0.3) is 0 Å². The van der Waals surface area contributed by atoms with Gasteiger partial charge in [-0.05, 0) is 25.5 Å². The maximum atomic E-state index is 11.1. The lowest BCUT2D eigenvalue weighted by Crippen LogP contribution is -2.04. The van der Waals surface area contributed by atoms with E-state index in [1.54, 1.807) is 19.1 Å². The van der Waals surface area contributed by atoms with Gasteiger partial charge in [-0.3, -0.25) is 4.79 Å². The quantitative estimate of drug-likeness (QED) is 0.755. The lowest BCUT2D eigenvalue weighted by Gasteiger charge is -2.10. The van der Waals surface area contributed by atoms with E-state index in [-0.39, 0.29) is 17.5 Å². The Morgan fingerprint density at radius 3 is 2.54 bits per heavy atom. The topological polar surface area (TPSA) is 37.3 Å². The van der Waals surface area contributed by atoms with Crippen LogP contribution in [0.5, 0.6) is 5.75 Å². The van der Waals surface area contributed by atoms with Crippen molar-refractivity contribution in [1.82, 2.24) is 0 Å². The molecule has 70 valence electrons. The highest BCUT2D eigenvalue weighted by Crippen LogP contribution is 2.26. The van der Waals surface area contributed by atoms with Crippen LogP contribution in [0.15, 0.2) is 18.2 Å². The van der Waals surface area contributed by atoms with Gasteiger partial charge in [-0.1, -0.05) is 19.1 Å². The predicted molar refractivity (Wildman–Crippen MR) is 51.9 cm³/mol. The number of hydrogen-bond donors (Lipinski definition) is 1. The van der Waals surface area contributed by atoms with E-state index >= 15 is 0 Å². The molecular weight excluding hydrogens is 164 g/mol. The van der Waals surface area contributed by atoms with E-state index in [9.17, 15) is 9.90 Å². The van der Waals surface area contributed by atoms with Crippen LogP contribution in [0.2, 0.25) is 0 Å². The van der Waals surface area contributed by atoms with Crippen molar-refractivity contribution >= 4 is 5.78 Å². The van der Waals surface area contributed by atoms with Crippen LogP contribution in [0.1, 0.15) is 30.9 Å². The van der Waals surface area contributed by atoms with Crippen LogP contribution in [0.25, 0.3) is 0 Å². The van der Waals surface area contributed by atoms with E-state index in [2.05, 4.69) is 0 Å². The highest BCUT2D eigenvalue weighted by molar-refractivity contribution is 5.83. The van der Waals surface area contributed by atoms with Crippen molar-refractivity contribution < 1.29 is 9.90 Å². The normalized spacial score (nSPS) is 12.5. The molecule has 1 rings (SSSR count). The van der Waals surface area contributed by atoms with Crippen molar-refractivity contribution in [2.45, 2.75) is 26.7 Å². The number of rotatable bonds is 2. The van der Waals surface area contributed by atoms with Crippen molar-refractivity contribution in [2.75, 3.05) is 0 Å². The Balaban J connectivity index is 3.08. The molecule has 0 spiro atoms. The molecule has 1 atom stereocenters. The van der Waals surface area contributed by atoms with Crippen LogP contribution in [0.4, 0.5) is 0 Å². The van der Waals surface area contributed by atoms with Crippen LogP contribution in [0.3, 0.4) is 0 Å². The largest absolute Gasteiger partial charge is 0.508 e. The zero-order valence-corrected chi connectivity index (χ0v) is 8.16. The average Bonchev–Trinajstić information content (AvgIpc) is 2.03. The minimum Gasteiger partial charge on any atom is -0.508 e. The number of phenolic OH excluding ortho intramolecular Hbond substituents is 1. The van der Waals surface area contributed by atoms with Gasteiger partial charge in [-0.15, -0.1) is 0 Å². The van der Waals surface area contributed by atoms with Crippen molar-refractivity contribution in [3.05, 3.63) is 29.3 Å². The predicted octanol–water partition coefficient (Wildman–Crippen LogP) is 2.39. The fourth-order valence-electron chi connectivity index (χ4n) is 1.24. The molecule has 1 N–H and O–H groups in total. The number of Topliss-reactive ketones (excluding diaryl/α,β-unsaturated/α-hetero) is 1. The van der Waals surface area contributed by atoms with E-state index in [0.29, 0.717) is 5.56 Å². The summed E-state index contributed by atoms with van der Waals surface area (Å²) in [4.78, 5) is 11.1. The second kappa shape index (κ2) is 3.60. The van der Waals surface area contributed by atoms with Gasteiger partial charge in [0.1, 0.15) is 11.5 Å². The third kappa shape index (κ3) is 2.08. The van der Waals surface area contributed by atoms with E-state index in [1.165, 1.54) is 6.92 Å². The summed E-state index contributed by atoms with van der Waals surface area (Å²) in [6, 6.07) is 5.38. The summed E-state index contributed by atoms with van der Waals surface area (Å²) in [5.74, 6) is 0.0578. The van der Waals surface area contributed by atoms with Gasteiger partial charge in [0.05, 0.1) is 0 Å². The lowest BCUT2D eigenvalue weighted by molar-refractivity contribution is -0.118. The van der Waals surface area contributed by atoms with Gasteiger partial charge in [-0.25, -0.2) is 0 Å². The molecule has 0 saturated heterocycles. The third-order valence-electron chi connectivity index (χ3n) is 2.26. The van der Waals surface area contributed by atoms with Crippen LogP contribution in [0, 0.1) is 6.92 Å². The minimum absolute atomic E-state index is 0.0687. The number of hydrogen-bond acceptors (Lipinski definition) is 2.